The zero-order valence-electron chi connectivity index (χ0n) is 10.9. The van der Waals surface area contributed by atoms with Gasteiger partial charge in [-0.25, -0.2) is 0 Å². The summed E-state index contributed by atoms with van der Waals surface area (Å²) >= 11 is 0. The highest BCUT2D eigenvalue weighted by atomic mass is 16.2. The molecule has 0 saturated carbocycles. The van der Waals surface area contributed by atoms with Gasteiger partial charge in [-0.1, -0.05) is 6.07 Å². The molecule has 2 N–H and O–H groups in total. The molecular formula is C14H15N3O3. The highest BCUT2D eigenvalue weighted by Gasteiger charge is 2.34. The molecule has 0 radical (unpaired) electrons. The van der Waals surface area contributed by atoms with Crippen molar-refractivity contribution in [3.05, 3.63) is 29.6 Å². The van der Waals surface area contributed by atoms with Gasteiger partial charge in [0.1, 0.15) is 6.04 Å². The molecule has 6 heteroatoms. The van der Waals surface area contributed by atoms with Crippen LogP contribution in [0, 0.1) is 0 Å². The zero-order valence-corrected chi connectivity index (χ0v) is 10.9. The minimum atomic E-state index is -0.618. The van der Waals surface area contributed by atoms with Crippen molar-refractivity contribution in [2.24, 2.45) is 0 Å². The van der Waals surface area contributed by atoms with Gasteiger partial charge in [0.2, 0.25) is 17.7 Å². The molecule has 2 heterocycles. The Morgan fingerprint density at radius 2 is 2.15 bits per heavy atom. The summed E-state index contributed by atoms with van der Waals surface area (Å²) in [7, 11) is 0. The number of pyridine rings is 1. The molecule has 3 rings (SSSR count). The first kappa shape index (κ1) is 12.8. The number of carbonyl (C=O) groups excluding carboxylic acids is 3. The Hall–Kier alpha value is -2.24. The average molecular weight is 273 g/mol. The Kier molecular flexibility index (Phi) is 3.22. The molecule has 3 amide bonds. The van der Waals surface area contributed by atoms with E-state index in [0.717, 1.165) is 17.7 Å². The molecule has 2 aliphatic rings. The second-order valence-electron chi connectivity index (χ2n) is 5.15. The van der Waals surface area contributed by atoms with Crippen LogP contribution in [0.25, 0.3) is 0 Å². The molecule has 1 aromatic heterocycles. The van der Waals surface area contributed by atoms with Crippen LogP contribution in [0.3, 0.4) is 0 Å². The van der Waals surface area contributed by atoms with E-state index in [1.807, 2.05) is 12.1 Å². The number of aryl methyl sites for hydroxylation is 1. The Balaban J connectivity index is 1.69. The Morgan fingerprint density at radius 1 is 1.30 bits per heavy atom. The number of fused-ring (bicyclic) bond motifs is 1. The predicted octanol–water partition coefficient (Wildman–Crippen LogP) is 0.0328. The van der Waals surface area contributed by atoms with Gasteiger partial charge in [0.15, 0.2) is 0 Å². The van der Waals surface area contributed by atoms with Gasteiger partial charge in [0, 0.05) is 12.6 Å². The molecule has 1 aliphatic carbocycles. The number of hydrogen-bond donors (Lipinski definition) is 2. The maximum Gasteiger partial charge on any atom is 0.249 e. The number of carbonyl (C=O) groups is 3. The summed E-state index contributed by atoms with van der Waals surface area (Å²) in [6.45, 7) is 0. The molecule has 2 atom stereocenters. The number of nitrogens with one attached hydrogen (secondary N) is 2. The lowest BCUT2D eigenvalue weighted by Crippen LogP contribution is -2.53. The number of piperidine rings is 1. The lowest BCUT2D eigenvalue weighted by molar-refractivity contribution is -0.137. The van der Waals surface area contributed by atoms with Gasteiger partial charge in [-0.05, 0) is 30.9 Å². The van der Waals surface area contributed by atoms with Gasteiger partial charge in [-0.15, -0.1) is 0 Å². The van der Waals surface area contributed by atoms with Crippen molar-refractivity contribution in [3.8, 4) is 0 Å². The van der Waals surface area contributed by atoms with Crippen LogP contribution in [-0.4, -0.2) is 28.7 Å². The third-order valence-electron chi connectivity index (χ3n) is 3.83. The number of amides is 3. The lowest BCUT2D eigenvalue weighted by atomic mass is 10.0. The quantitative estimate of drug-likeness (QED) is 0.744. The van der Waals surface area contributed by atoms with Crippen LogP contribution >= 0.6 is 0 Å². The highest BCUT2D eigenvalue weighted by molar-refractivity contribution is 6.02. The smallest absolute Gasteiger partial charge is 0.249 e. The first-order chi connectivity index (χ1) is 9.65. The number of hydrogen-bond acceptors (Lipinski definition) is 4. The fraction of sp³-hybridized carbons (Fsp3) is 0.429. The molecule has 1 saturated heterocycles. The Morgan fingerprint density at radius 3 is 2.95 bits per heavy atom. The SMILES string of the molecule is O=C1CCC(NC(=O)C2CCc3cccnc32)C(=O)N1. The van der Waals surface area contributed by atoms with Gasteiger partial charge in [-0.2, -0.15) is 0 Å². The van der Waals surface area contributed by atoms with Gasteiger partial charge in [0.25, 0.3) is 0 Å². The molecule has 0 bridgehead atoms. The van der Waals surface area contributed by atoms with Crippen molar-refractivity contribution >= 4 is 17.7 Å². The minimum absolute atomic E-state index is 0.183. The third-order valence-corrected chi connectivity index (χ3v) is 3.83. The fourth-order valence-electron chi connectivity index (χ4n) is 2.77. The molecule has 20 heavy (non-hydrogen) atoms. The normalized spacial score (nSPS) is 25.0. The molecule has 1 aromatic rings. The van der Waals surface area contributed by atoms with E-state index >= 15 is 0 Å². The number of nitrogens with zero attached hydrogens (tertiary/aromatic N) is 1. The van der Waals surface area contributed by atoms with Crippen molar-refractivity contribution < 1.29 is 14.4 Å². The standard InChI is InChI=1S/C14H15N3O3/c18-11-6-5-10(14(20)17-11)16-13(19)9-4-3-8-2-1-7-15-12(8)9/h1-2,7,9-10H,3-6H2,(H,16,19)(H,17,18,20). The van der Waals surface area contributed by atoms with Crippen molar-refractivity contribution in [1.82, 2.24) is 15.6 Å². The van der Waals surface area contributed by atoms with E-state index in [0.29, 0.717) is 12.8 Å². The number of rotatable bonds is 2. The topological polar surface area (TPSA) is 88.2 Å². The average Bonchev–Trinajstić information content (AvgIpc) is 2.86. The summed E-state index contributed by atoms with van der Waals surface area (Å²) in [6.07, 6.45) is 3.84. The Labute approximate surface area is 116 Å². The molecule has 1 aliphatic heterocycles. The van der Waals surface area contributed by atoms with Gasteiger partial charge in [-0.3, -0.25) is 24.7 Å². The van der Waals surface area contributed by atoms with Crippen LogP contribution < -0.4 is 10.6 Å². The molecule has 0 aromatic carbocycles. The molecular weight excluding hydrogens is 258 g/mol. The predicted molar refractivity (Wildman–Crippen MR) is 69.6 cm³/mol. The summed E-state index contributed by atoms with van der Waals surface area (Å²) in [5, 5.41) is 4.97. The summed E-state index contributed by atoms with van der Waals surface area (Å²) in [6, 6.07) is 3.22. The fourth-order valence-corrected chi connectivity index (χ4v) is 2.77. The summed E-state index contributed by atoms with van der Waals surface area (Å²) in [4.78, 5) is 39.3. The van der Waals surface area contributed by atoms with E-state index < -0.39 is 11.9 Å². The van der Waals surface area contributed by atoms with Gasteiger partial charge in [0.05, 0.1) is 11.6 Å². The van der Waals surface area contributed by atoms with E-state index in [1.54, 1.807) is 6.20 Å². The van der Waals surface area contributed by atoms with E-state index in [-0.39, 0.29) is 24.2 Å². The zero-order chi connectivity index (χ0) is 14.1. The van der Waals surface area contributed by atoms with E-state index in [2.05, 4.69) is 15.6 Å². The lowest BCUT2D eigenvalue weighted by Gasteiger charge is -2.23. The first-order valence-electron chi connectivity index (χ1n) is 6.73. The van der Waals surface area contributed by atoms with E-state index in [4.69, 9.17) is 0 Å². The van der Waals surface area contributed by atoms with E-state index in [1.165, 1.54) is 0 Å². The van der Waals surface area contributed by atoms with Crippen LogP contribution in [0.2, 0.25) is 0 Å². The number of aromatic nitrogens is 1. The van der Waals surface area contributed by atoms with Crippen molar-refractivity contribution in [3.63, 3.8) is 0 Å². The molecule has 1 fully saturated rings. The molecule has 2 unspecified atom stereocenters. The van der Waals surface area contributed by atoms with E-state index in [9.17, 15) is 14.4 Å². The van der Waals surface area contributed by atoms with Crippen molar-refractivity contribution in [2.45, 2.75) is 37.6 Å². The second-order valence-corrected chi connectivity index (χ2v) is 5.15. The largest absolute Gasteiger partial charge is 0.344 e. The van der Waals surface area contributed by atoms with Crippen LogP contribution in [0.15, 0.2) is 18.3 Å². The summed E-state index contributed by atoms with van der Waals surface area (Å²) in [5.74, 6) is -1.18. The first-order valence-corrected chi connectivity index (χ1v) is 6.73. The van der Waals surface area contributed by atoms with Crippen LogP contribution in [0.1, 0.15) is 36.4 Å². The van der Waals surface area contributed by atoms with Gasteiger partial charge >= 0.3 is 0 Å². The minimum Gasteiger partial charge on any atom is -0.344 e. The summed E-state index contributed by atoms with van der Waals surface area (Å²) in [5.41, 5.74) is 1.90. The Bertz CT molecular complexity index is 585. The number of imide groups is 1. The maximum atomic E-state index is 12.3. The van der Waals surface area contributed by atoms with Crippen molar-refractivity contribution in [1.29, 1.82) is 0 Å². The second kappa shape index (κ2) is 5.03. The van der Waals surface area contributed by atoms with Gasteiger partial charge < -0.3 is 5.32 Å². The maximum absolute atomic E-state index is 12.3. The van der Waals surface area contributed by atoms with Crippen LogP contribution in [0.5, 0.6) is 0 Å². The third kappa shape index (κ3) is 2.29. The monoisotopic (exact) mass is 273 g/mol. The highest BCUT2D eigenvalue weighted by Crippen LogP contribution is 2.31. The van der Waals surface area contributed by atoms with Crippen molar-refractivity contribution in [2.75, 3.05) is 0 Å². The summed E-state index contributed by atoms with van der Waals surface area (Å²) < 4.78 is 0. The molecule has 6 nitrogen and oxygen atoms in total. The van der Waals surface area contributed by atoms with Crippen LogP contribution in [0.4, 0.5) is 0 Å². The van der Waals surface area contributed by atoms with Crippen LogP contribution in [-0.2, 0) is 20.8 Å². The molecule has 0 spiro atoms. The molecule has 104 valence electrons.